The van der Waals surface area contributed by atoms with Crippen LogP contribution in [0.4, 0.5) is 0 Å². The lowest BCUT2D eigenvalue weighted by Gasteiger charge is -2.08. The van der Waals surface area contributed by atoms with Crippen LogP contribution in [0.2, 0.25) is 0 Å². The topological polar surface area (TPSA) is 41.6 Å². The van der Waals surface area contributed by atoms with Gasteiger partial charge < -0.3 is 4.57 Å². The molecule has 0 atom stereocenters. The highest BCUT2D eigenvalue weighted by atomic mass is 15.0. The monoisotopic (exact) mass is 259 g/mol. The van der Waals surface area contributed by atoms with Crippen molar-refractivity contribution in [1.82, 2.24) is 9.55 Å². The van der Waals surface area contributed by atoms with E-state index in [1.807, 2.05) is 37.4 Å². The Hall–Kier alpha value is -2.86. The molecule has 0 amide bonds. The summed E-state index contributed by atoms with van der Waals surface area (Å²) in [5.74, 6) is 0. The van der Waals surface area contributed by atoms with E-state index in [1.54, 1.807) is 6.08 Å². The van der Waals surface area contributed by atoms with Crippen LogP contribution in [0, 0.1) is 18.3 Å². The van der Waals surface area contributed by atoms with Crippen LogP contribution < -0.4 is 0 Å². The first-order valence-electron chi connectivity index (χ1n) is 6.34. The zero-order chi connectivity index (χ0) is 14.1. The van der Waals surface area contributed by atoms with Gasteiger partial charge in [0.05, 0.1) is 22.7 Å². The van der Waals surface area contributed by atoms with Crippen molar-refractivity contribution in [3.63, 3.8) is 0 Å². The summed E-state index contributed by atoms with van der Waals surface area (Å²) in [6.07, 6.45) is 3.61. The molecule has 0 fully saturated rings. The summed E-state index contributed by atoms with van der Waals surface area (Å²) in [4.78, 5) is 4.45. The third-order valence-corrected chi connectivity index (χ3v) is 3.35. The van der Waals surface area contributed by atoms with Gasteiger partial charge in [-0.1, -0.05) is 12.7 Å². The molecule has 0 radical (unpaired) electrons. The first kappa shape index (κ1) is 12.2. The molecule has 3 nitrogen and oxygen atoms in total. The second-order valence-electron chi connectivity index (χ2n) is 4.66. The summed E-state index contributed by atoms with van der Waals surface area (Å²) in [5.41, 5.74) is 5.79. The molecule has 0 aliphatic rings. The number of hydrogen-bond donors (Lipinski definition) is 0. The van der Waals surface area contributed by atoms with Crippen molar-refractivity contribution in [2.24, 2.45) is 0 Å². The zero-order valence-corrected chi connectivity index (χ0v) is 11.2. The first-order chi connectivity index (χ1) is 9.72. The average Bonchev–Trinajstić information content (AvgIpc) is 2.82. The molecular weight excluding hydrogens is 246 g/mol. The number of nitrogens with zero attached hydrogens (tertiary/aromatic N) is 3. The molecule has 0 saturated carbocycles. The van der Waals surface area contributed by atoms with E-state index in [4.69, 9.17) is 5.26 Å². The van der Waals surface area contributed by atoms with Gasteiger partial charge in [0.1, 0.15) is 0 Å². The molecule has 2 aromatic heterocycles. The minimum atomic E-state index is 0.660. The van der Waals surface area contributed by atoms with Gasteiger partial charge in [-0.05, 0) is 48.9 Å². The highest BCUT2D eigenvalue weighted by molar-refractivity contribution is 5.81. The molecule has 0 unspecified atom stereocenters. The van der Waals surface area contributed by atoms with Gasteiger partial charge in [0, 0.05) is 17.6 Å². The molecule has 0 spiro atoms. The number of pyridine rings is 1. The van der Waals surface area contributed by atoms with Crippen LogP contribution in [0.1, 0.15) is 16.8 Å². The molecule has 3 aromatic rings. The van der Waals surface area contributed by atoms with Crippen molar-refractivity contribution in [3.8, 4) is 11.8 Å². The van der Waals surface area contributed by atoms with Crippen molar-refractivity contribution in [2.45, 2.75) is 6.92 Å². The number of rotatable bonds is 2. The summed E-state index contributed by atoms with van der Waals surface area (Å²) in [6, 6.07) is 13.8. The Morgan fingerprint density at radius 1 is 1.25 bits per heavy atom. The molecule has 2 heterocycles. The van der Waals surface area contributed by atoms with Crippen molar-refractivity contribution in [2.75, 3.05) is 0 Å². The van der Waals surface area contributed by atoms with E-state index >= 15 is 0 Å². The Balaban J connectivity index is 2.25. The number of aryl methyl sites for hydroxylation is 1. The quantitative estimate of drug-likeness (QED) is 0.701. The molecule has 3 heteroatoms. The SMILES string of the molecule is C=Cc1cnc2cc(C)n(-c3ccc(C#N)cc3)c2c1. The lowest BCUT2D eigenvalue weighted by molar-refractivity contribution is 1.05. The van der Waals surface area contributed by atoms with Gasteiger partial charge in [-0.25, -0.2) is 0 Å². The second-order valence-corrected chi connectivity index (χ2v) is 4.66. The Morgan fingerprint density at radius 2 is 2.00 bits per heavy atom. The standard InChI is InChI=1S/C17H13N3/c1-3-13-9-17-16(19-11-13)8-12(2)20(17)15-6-4-14(10-18)5-7-15/h3-9,11H,1H2,2H3. The fourth-order valence-electron chi connectivity index (χ4n) is 2.36. The zero-order valence-electron chi connectivity index (χ0n) is 11.2. The number of aromatic nitrogens is 2. The van der Waals surface area contributed by atoms with E-state index in [1.165, 1.54) is 0 Å². The third kappa shape index (κ3) is 1.88. The Labute approximate surface area is 117 Å². The number of nitriles is 1. The van der Waals surface area contributed by atoms with Crippen LogP contribution >= 0.6 is 0 Å². The maximum absolute atomic E-state index is 8.88. The van der Waals surface area contributed by atoms with Gasteiger partial charge in [0.2, 0.25) is 0 Å². The highest BCUT2D eigenvalue weighted by Gasteiger charge is 2.09. The predicted molar refractivity (Wildman–Crippen MR) is 80.6 cm³/mol. The maximum atomic E-state index is 8.88. The fraction of sp³-hybridized carbons (Fsp3) is 0.0588. The first-order valence-corrected chi connectivity index (χ1v) is 6.34. The van der Waals surface area contributed by atoms with Crippen LogP contribution in [0.15, 0.2) is 49.2 Å². The summed E-state index contributed by atoms with van der Waals surface area (Å²) in [7, 11) is 0. The lowest BCUT2D eigenvalue weighted by Crippen LogP contribution is -1.96. The normalized spacial score (nSPS) is 10.4. The van der Waals surface area contributed by atoms with E-state index in [-0.39, 0.29) is 0 Å². The van der Waals surface area contributed by atoms with Crippen LogP contribution in [-0.4, -0.2) is 9.55 Å². The molecule has 20 heavy (non-hydrogen) atoms. The smallest absolute Gasteiger partial charge is 0.0991 e. The van der Waals surface area contributed by atoms with Gasteiger partial charge in [0.15, 0.2) is 0 Å². The molecule has 0 aliphatic carbocycles. The molecule has 0 aliphatic heterocycles. The minimum absolute atomic E-state index is 0.660. The van der Waals surface area contributed by atoms with Crippen LogP contribution in [0.25, 0.3) is 22.8 Å². The maximum Gasteiger partial charge on any atom is 0.0991 e. The third-order valence-electron chi connectivity index (χ3n) is 3.35. The highest BCUT2D eigenvalue weighted by Crippen LogP contribution is 2.24. The summed E-state index contributed by atoms with van der Waals surface area (Å²) < 4.78 is 2.14. The number of hydrogen-bond acceptors (Lipinski definition) is 2. The molecule has 0 saturated heterocycles. The van der Waals surface area contributed by atoms with Gasteiger partial charge in [-0.2, -0.15) is 5.26 Å². The molecular formula is C17H13N3. The number of benzene rings is 1. The van der Waals surface area contributed by atoms with E-state index in [0.717, 1.165) is 28.0 Å². The molecule has 96 valence electrons. The van der Waals surface area contributed by atoms with Gasteiger partial charge >= 0.3 is 0 Å². The van der Waals surface area contributed by atoms with Crippen LogP contribution in [0.3, 0.4) is 0 Å². The van der Waals surface area contributed by atoms with Crippen molar-refractivity contribution in [1.29, 1.82) is 5.26 Å². The van der Waals surface area contributed by atoms with Crippen LogP contribution in [0.5, 0.6) is 0 Å². The van der Waals surface area contributed by atoms with E-state index in [9.17, 15) is 0 Å². The van der Waals surface area contributed by atoms with E-state index < -0.39 is 0 Å². The predicted octanol–water partition coefficient (Wildman–Crippen LogP) is 3.85. The summed E-state index contributed by atoms with van der Waals surface area (Å²) >= 11 is 0. The fourth-order valence-corrected chi connectivity index (χ4v) is 2.36. The van der Waals surface area contributed by atoms with Gasteiger partial charge in [0.25, 0.3) is 0 Å². The van der Waals surface area contributed by atoms with Gasteiger partial charge in [-0.3, -0.25) is 4.98 Å². The Morgan fingerprint density at radius 3 is 2.65 bits per heavy atom. The molecule has 0 bridgehead atoms. The lowest BCUT2D eigenvalue weighted by atomic mass is 10.2. The van der Waals surface area contributed by atoms with E-state index in [2.05, 4.69) is 34.3 Å². The number of fused-ring (bicyclic) bond motifs is 1. The van der Waals surface area contributed by atoms with E-state index in [0.29, 0.717) is 5.56 Å². The van der Waals surface area contributed by atoms with Crippen molar-refractivity contribution >= 4 is 17.1 Å². The molecule has 0 N–H and O–H groups in total. The minimum Gasteiger partial charge on any atom is -0.312 e. The average molecular weight is 259 g/mol. The van der Waals surface area contributed by atoms with Crippen molar-refractivity contribution in [3.05, 3.63) is 66.0 Å². The van der Waals surface area contributed by atoms with Crippen molar-refractivity contribution < 1.29 is 0 Å². The Kier molecular flexibility index (Phi) is 2.85. The van der Waals surface area contributed by atoms with Crippen LogP contribution in [-0.2, 0) is 0 Å². The molecule has 3 rings (SSSR count). The summed E-state index contributed by atoms with van der Waals surface area (Å²) in [6.45, 7) is 5.83. The largest absolute Gasteiger partial charge is 0.312 e. The Bertz CT molecular complexity index is 833. The summed E-state index contributed by atoms with van der Waals surface area (Å²) in [5, 5.41) is 8.88. The second kappa shape index (κ2) is 4.67. The van der Waals surface area contributed by atoms with Gasteiger partial charge in [-0.15, -0.1) is 0 Å². The molecule has 1 aromatic carbocycles.